The number of nitrogens with zero attached hydrogens (tertiary/aromatic N) is 1. The van der Waals surface area contributed by atoms with Crippen molar-refractivity contribution in [2.24, 2.45) is 0 Å². The number of fused-ring (bicyclic) bond motifs is 4. The minimum Gasteiger partial charge on any atom is -0.311 e. The fourth-order valence-electron chi connectivity index (χ4n) is 8.14. The minimum atomic E-state index is -0.0871. The summed E-state index contributed by atoms with van der Waals surface area (Å²) < 4.78 is 0. The summed E-state index contributed by atoms with van der Waals surface area (Å²) >= 11 is 0. The van der Waals surface area contributed by atoms with Crippen molar-refractivity contribution in [3.63, 3.8) is 0 Å². The average molecular weight is 642 g/mol. The monoisotopic (exact) mass is 641 g/mol. The first-order valence-electron chi connectivity index (χ1n) is 17.7. The summed E-state index contributed by atoms with van der Waals surface area (Å²) in [5.74, 6) is 0.365. The van der Waals surface area contributed by atoms with Crippen LogP contribution in [-0.2, 0) is 5.41 Å². The van der Waals surface area contributed by atoms with E-state index in [0.717, 1.165) is 12.1 Å². The molecule has 0 heterocycles. The molecule has 0 radical (unpaired) electrons. The van der Waals surface area contributed by atoms with Crippen LogP contribution in [0.1, 0.15) is 42.9 Å². The molecule has 0 saturated heterocycles. The molecule has 0 fully saturated rings. The lowest BCUT2D eigenvalue weighted by Crippen LogP contribution is -2.19. The molecule has 7 aromatic rings. The molecule has 1 heteroatoms. The molecule has 0 spiro atoms. The van der Waals surface area contributed by atoms with Gasteiger partial charge in [0.1, 0.15) is 0 Å². The highest BCUT2D eigenvalue weighted by Crippen LogP contribution is 2.51. The second kappa shape index (κ2) is 12.2. The van der Waals surface area contributed by atoms with Gasteiger partial charge in [0.2, 0.25) is 0 Å². The van der Waals surface area contributed by atoms with E-state index < -0.39 is 0 Å². The standard InChI is InChI=1S/C49H39N/c1-49(2)47-20-12-11-19-44(47)45-30-28-42(33-48(45)49)50(40-25-23-36(24-26-40)34-13-5-3-6-14-34)41-27-29-43(37-16-7-4-8-17-37)46(32-41)39-22-21-35-15-9-10-18-38(35)31-39/h3-23,25-33,36H,24H2,1-2H3. The third kappa shape index (κ3) is 5.18. The van der Waals surface area contributed by atoms with Gasteiger partial charge in [0.15, 0.2) is 0 Å². The number of benzene rings is 7. The maximum atomic E-state index is 2.47. The Morgan fingerprint density at radius 1 is 0.500 bits per heavy atom. The lowest BCUT2D eigenvalue weighted by Gasteiger charge is -2.31. The Kier molecular flexibility index (Phi) is 7.36. The molecule has 7 aromatic carbocycles. The van der Waals surface area contributed by atoms with Crippen molar-refractivity contribution in [2.45, 2.75) is 31.6 Å². The topological polar surface area (TPSA) is 3.24 Å². The second-order valence-electron chi connectivity index (χ2n) is 14.1. The van der Waals surface area contributed by atoms with Crippen LogP contribution in [0.25, 0.3) is 44.2 Å². The summed E-state index contributed by atoms with van der Waals surface area (Å²) in [6, 6.07) is 60.1. The molecule has 1 nitrogen and oxygen atoms in total. The highest BCUT2D eigenvalue weighted by molar-refractivity contribution is 5.93. The van der Waals surface area contributed by atoms with Gasteiger partial charge in [-0.2, -0.15) is 0 Å². The van der Waals surface area contributed by atoms with Crippen LogP contribution in [0, 0.1) is 0 Å². The molecule has 2 aliphatic carbocycles. The Morgan fingerprint density at radius 2 is 1.16 bits per heavy atom. The van der Waals surface area contributed by atoms with Gasteiger partial charge in [0.05, 0.1) is 0 Å². The normalized spacial score (nSPS) is 15.7. The molecule has 9 rings (SSSR count). The Morgan fingerprint density at radius 3 is 1.94 bits per heavy atom. The molecule has 0 bridgehead atoms. The van der Waals surface area contributed by atoms with Gasteiger partial charge in [-0.15, -0.1) is 0 Å². The van der Waals surface area contributed by atoms with E-state index in [1.54, 1.807) is 0 Å². The van der Waals surface area contributed by atoms with Gasteiger partial charge in [0, 0.05) is 28.4 Å². The Labute approximate surface area is 295 Å². The van der Waals surface area contributed by atoms with Crippen molar-refractivity contribution in [3.8, 4) is 33.4 Å². The van der Waals surface area contributed by atoms with Crippen LogP contribution in [0.15, 0.2) is 188 Å². The van der Waals surface area contributed by atoms with E-state index in [4.69, 9.17) is 0 Å². The SMILES string of the molecule is CC1(C)c2ccccc2-c2ccc(N(C3=CCC(c4ccccc4)C=C3)c3ccc(-c4ccccc4)c(-c4ccc5ccccc5c4)c3)cc21. The number of anilines is 2. The van der Waals surface area contributed by atoms with Gasteiger partial charge in [-0.1, -0.05) is 159 Å². The average Bonchev–Trinajstić information content (AvgIpc) is 3.41. The molecular formula is C49H39N. The maximum absolute atomic E-state index is 2.47. The predicted octanol–water partition coefficient (Wildman–Crippen LogP) is 13.2. The van der Waals surface area contributed by atoms with E-state index in [0.29, 0.717) is 5.92 Å². The predicted molar refractivity (Wildman–Crippen MR) is 212 cm³/mol. The number of hydrogen-bond donors (Lipinski definition) is 0. The zero-order chi connectivity index (χ0) is 33.7. The van der Waals surface area contributed by atoms with E-state index in [2.05, 4.69) is 201 Å². The van der Waals surface area contributed by atoms with Gasteiger partial charge in [-0.3, -0.25) is 0 Å². The largest absolute Gasteiger partial charge is 0.311 e. The van der Waals surface area contributed by atoms with E-state index in [1.807, 2.05) is 0 Å². The van der Waals surface area contributed by atoms with Gasteiger partial charge in [0.25, 0.3) is 0 Å². The van der Waals surface area contributed by atoms with Crippen molar-refractivity contribution < 1.29 is 0 Å². The first-order valence-corrected chi connectivity index (χ1v) is 17.7. The molecule has 0 saturated carbocycles. The number of allylic oxidation sites excluding steroid dienone is 3. The zero-order valence-electron chi connectivity index (χ0n) is 28.6. The van der Waals surface area contributed by atoms with Crippen LogP contribution in [0.5, 0.6) is 0 Å². The molecule has 1 unspecified atom stereocenters. The third-order valence-corrected chi connectivity index (χ3v) is 10.8. The van der Waals surface area contributed by atoms with E-state index in [-0.39, 0.29) is 5.41 Å². The van der Waals surface area contributed by atoms with Crippen molar-refractivity contribution in [3.05, 3.63) is 204 Å². The van der Waals surface area contributed by atoms with Crippen LogP contribution in [0.3, 0.4) is 0 Å². The van der Waals surface area contributed by atoms with Gasteiger partial charge < -0.3 is 4.90 Å². The van der Waals surface area contributed by atoms with Crippen LogP contribution < -0.4 is 4.90 Å². The van der Waals surface area contributed by atoms with Gasteiger partial charge in [-0.25, -0.2) is 0 Å². The van der Waals surface area contributed by atoms with Crippen LogP contribution >= 0.6 is 0 Å². The highest BCUT2D eigenvalue weighted by atomic mass is 15.1. The highest BCUT2D eigenvalue weighted by Gasteiger charge is 2.36. The van der Waals surface area contributed by atoms with E-state index >= 15 is 0 Å². The van der Waals surface area contributed by atoms with Gasteiger partial charge >= 0.3 is 0 Å². The summed E-state index contributed by atoms with van der Waals surface area (Å²) in [5, 5.41) is 2.50. The molecule has 50 heavy (non-hydrogen) atoms. The Balaban J connectivity index is 1.22. The number of hydrogen-bond acceptors (Lipinski definition) is 1. The summed E-state index contributed by atoms with van der Waals surface area (Å²) in [4.78, 5) is 2.47. The molecule has 0 aliphatic heterocycles. The third-order valence-electron chi connectivity index (χ3n) is 10.8. The summed E-state index contributed by atoms with van der Waals surface area (Å²) in [5.41, 5.74) is 15.1. The molecular weight excluding hydrogens is 603 g/mol. The molecule has 0 N–H and O–H groups in total. The fourth-order valence-corrected chi connectivity index (χ4v) is 8.14. The summed E-state index contributed by atoms with van der Waals surface area (Å²) in [6.07, 6.45) is 8.09. The molecule has 2 aliphatic rings. The van der Waals surface area contributed by atoms with Crippen LogP contribution in [-0.4, -0.2) is 0 Å². The molecule has 1 atom stereocenters. The molecule has 0 amide bonds. The van der Waals surface area contributed by atoms with E-state index in [1.165, 1.54) is 72.2 Å². The summed E-state index contributed by atoms with van der Waals surface area (Å²) in [7, 11) is 0. The quantitative estimate of drug-likeness (QED) is 0.175. The minimum absolute atomic E-state index is 0.0871. The van der Waals surface area contributed by atoms with Crippen LogP contribution in [0.2, 0.25) is 0 Å². The van der Waals surface area contributed by atoms with E-state index in [9.17, 15) is 0 Å². The van der Waals surface area contributed by atoms with Crippen molar-refractivity contribution in [1.29, 1.82) is 0 Å². The zero-order valence-corrected chi connectivity index (χ0v) is 28.6. The maximum Gasteiger partial charge on any atom is 0.0468 e. The Hall–Kier alpha value is -5.92. The van der Waals surface area contributed by atoms with Crippen LogP contribution in [0.4, 0.5) is 11.4 Å². The van der Waals surface area contributed by atoms with Crippen molar-refractivity contribution in [1.82, 2.24) is 0 Å². The Bertz CT molecular complexity index is 2430. The second-order valence-corrected chi connectivity index (χ2v) is 14.1. The smallest absolute Gasteiger partial charge is 0.0468 e. The van der Waals surface area contributed by atoms with Gasteiger partial charge in [-0.05, 0) is 104 Å². The van der Waals surface area contributed by atoms with Crippen molar-refractivity contribution >= 4 is 22.1 Å². The lowest BCUT2D eigenvalue weighted by atomic mass is 9.82. The summed E-state index contributed by atoms with van der Waals surface area (Å²) in [6.45, 7) is 4.73. The first kappa shape index (κ1) is 30.2. The fraction of sp³-hybridized carbons (Fsp3) is 0.102. The number of rotatable bonds is 6. The molecule has 0 aromatic heterocycles. The molecule has 240 valence electrons. The first-order chi connectivity index (χ1) is 24.5. The van der Waals surface area contributed by atoms with Crippen molar-refractivity contribution in [2.75, 3.05) is 4.90 Å². The lowest BCUT2D eigenvalue weighted by molar-refractivity contribution is 0.660.